The third-order valence-corrected chi connectivity index (χ3v) is 9.65. The summed E-state index contributed by atoms with van der Waals surface area (Å²) >= 11 is 0. The van der Waals surface area contributed by atoms with Gasteiger partial charge in [0.2, 0.25) is 0 Å². The summed E-state index contributed by atoms with van der Waals surface area (Å²) in [5.41, 5.74) is 0. The minimum Gasteiger partial charge on any atom is -0.546 e. The predicted molar refractivity (Wildman–Crippen MR) is 104 cm³/mol. The van der Waals surface area contributed by atoms with Crippen LogP contribution in [0.4, 0.5) is 0 Å². The van der Waals surface area contributed by atoms with Gasteiger partial charge in [0.1, 0.15) is 0 Å². The van der Waals surface area contributed by atoms with Crippen LogP contribution in [-0.4, -0.2) is 30.6 Å². The van der Waals surface area contributed by atoms with Crippen molar-refractivity contribution in [3.8, 4) is 0 Å². The molecule has 0 spiro atoms. The molecule has 0 aliphatic rings. The lowest BCUT2D eigenvalue weighted by molar-refractivity contribution is -0.301. The zero-order valence-corrected chi connectivity index (χ0v) is 17.0. The number of carbonyl (C=O) groups is 1. The molecular formula is C20H41O2P. The van der Waals surface area contributed by atoms with Gasteiger partial charge in [-0.1, -0.05) is 59.3 Å². The first-order valence-corrected chi connectivity index (χ1v) is 12.7. The average molecular weight is 345 g/mol. The van der Waals surface area contributed by atoms with E-state index in [-0.39, 0.29) is 0 Å². The Morgan fingerprint density at radius 3 is 1.26 bits per heavy atom. The molecule has 3 heteroatoms. The van der Waals surface area contributed by atoms with Gasteiger partial charge in [-0.3, -0.25) is 0 Å². The summed E-state index contributed by atoms with van der Waals surface area (Å²) in [7, 11) is -1.33. The van der Waals surface area contributed by atoms with E-state index in [4.69, 9.17) is 0 Å². The van der Waals surface area contributed by atoms with Crippen LogP contribution in [0.5, 0.6) is 0 Å². The van der Waals surface area contributed by atoms with E-state index in [1.54, 1.807) is 0 Å². The lowest BCUT2D eigenvalue weighted by Gasteiger charge is -2.28. The van der Waals surface area contributed by atoms with Crippen molar-refractivity contribution in [1.29, 1.82) is 0 Å². The van der Waals surface area contributed by atoms with Gasteiger partial charge < -0.3 is 9.90 Å². The SMILES string of the molecule is CCCCCC[P+](CCCCCC)(CCCCCC)CC(=O)[O-]. The van der Waals surface area contributed by atoms with Crippen LogP contribution in [0.15, 0.2) is 0 Å². The Morgan fingerprint density at radius 1 is 0.652 bits per heavy atom. The predicted octanol–water partition coefficient (Wildman–Crippen LogP) is 5.49. The van der Waals surface area contributed by atoms with Crippen LogP contribution in [0, 0.1) is 0 Å². The molecule has 0 atom stereocenters. The second-order valence-corrected chi connectivity index (χ2v) is 11.6. The highest BCUT2D eigenvalue weighted by Crippen LogP contribution is 2.60. The van der Waals surface area contributed by atoms with Gasteiger partial charge in [-0.15, -0.1) is 0 Å². The maximum atomic E-state index is 11.4. The molecule has 0 aliphatic heterocycles. The normalized spacial score (nSPS) is 11.8. The highest BCUT2D eigenvalue weighted by Gasteiger charge is 2.35. The van der Waals surface area contributed by atoms with E-state index in [2.05, 4.69) is 20.8 Å². The topological polar surface area (TPSA) is 40.1 Å². The van der Waals surface area contributed by atoms with Crippen molar-refractivity contribution in [2.75, 3.05) is 24.6 Å². The van der Waals surface area contributed by atoms with E-state index in [0.29, 0.717) is 6.16 Å². The van der Waals surface area contributed by atoms with Crippen LogP contribution in [0.2, 0.25) is 0 Å². The largest absolute Gasteiger partial charge is 0.546 e. The molecule has 0 saturated heterocycles. The molecule has 0 aromatic heterocycles. The van der Waals surface area contributed by atoms with Gasteiger partial charge in [0, 0.05) is 7.26 Å². The molecule has 0 N–H and O–H groups in total. The molecule has 0 bridgehead atoms. The molecule has 2 nitrogen and oxygen atoms in total. The van der Waals surface area contributed by atoms with Crippen LogP contribution in [0.25, 0.3) is 0 Å². The first kappa shape index (κ1) is 22.9. The first-order chi connectivity index (χ1) is 11.1. The summed E-state index contributed by atoms with van der Waals surface area (Å²) in [6, 6.07) is 0. The lowest BCUT2D eigenvalue weighted by atomic mass is 10.2. The number of unbranched alkanes of at least 4 members (excludes halogenated alkanes) is 9. The summed E-state index contributed by atoms with van der Waals surface area (Å²) in [6.45, 7) is 6.71. The van der Waals surface area contributed by atoms with Crippen LogP contribution in [-0.2, 0) is 4.79 Å². The third-order valence-electron chi connectivity index (χ3n) is 4.92. The van der Waals surface area contributed by atoms with Gasteiger partial charge in [0.05, 0.1) is 30.6 Å². The Kier molecular flexibility index (Phi) is 15.4. The van der Waals surface area contributed by atoms with Crippen molar-refractivity contribution in [2.45, 2.75) is 97.8 Å². The van der Waals surface area contributed by atoms with Gasteiger partial charge in [-0.05, 0) is 38.5 Å². The Labute approximate surface area is 146 Å². The highest BCUT2D eigenvalue weighted by atomic mass is 31.2. The van der Waals surface area contributed by atoms with E-state index in [9.17, 15) is 9.90 Å². The van der Waals surface area contributed by atoms with Crippen molar-refractivity contribution >= 4 is 13.2 Å². The fourth-order valence-corrected chi connectivity index (χ4v) is 7.84. The Balaban J connectivity index is 4.61. The van der Waals surface area contributed by atoms with E-state index >= 15 is 0 Å². The molecule has 0 fully saturated rings. The zero-order chi connectivity index (χ0) is 17.4. The van der Waals surface area contributed by atoms with Gasteiger partial charge in [0.15, 0.2) is 0 Å². The summed E-state index contributed by atoms with van der Waals surface area (Å²) in [5.74, 6) is -0.792. The number of hydrogen-bond donors (Lipinski definition) is 0. The van der Waals surface area contributed by atoms with Crippen LogP contribution < -0.4 is 5.11 Å². The first-order valence-electron chi connectivity index (χ1n) is 10.1. The fraction of sp³-hybridized carbons (Fsp3) is 0.950. The molecule has 138 valence electrons. The molecule has 0 aromatic rings. The van der Waals surface area contributed by atoms with E-state index in [1.807, 2.05) is 0 Å². The molecule has 0 heterocycles. The van der Waals surface area contributed by atoms with Crippen molar-refractivity contribution < 1.29 is 9.90 Å². The molecule has 0 unspecified atom stereocenters. The van der Waals surface area contributed by atoms with Gasteiger partial charge in [-0.2, -0.15) is 0 Å². The summed E-state index contributed by atoms with van der Waals surface area (Å²) in [5, 5.41) is 11.4. The maximum absolute atomic E-state index is 11.4. The summed E-state index contributed by atoms with van der Waals surface area (Å²) in [4.78, 5) is 11.4. The monoisotopic (exact) mass is 344 g/mol. The molecule has 0 rings (SSSR count). The standard InChI is InChI=1S/C20H41O2P/c1-4-7-10-13-16-23(19-20(21)22,17-14-11-8-5-2)18-15-12-9-6-3/h4-19H2,1-3H3. The number of hydrogen-bond acceptors (Lipinski definition) is 2. The number of aliphatic carboxylic acids is 1. The van der Waals surface area contributed by atoms with Gasteiger partial charge in [0.25, 0.3) is 0 Å². The van der Waals surface area contributed by atoms with Crippen molar-refractivity contribution in [2.24, 2.45) is 0 Å². The summed E-state index contributed by atoms with van der Waals surface area (Å²) in [6.07, 6.45) is 19.1. The van der Waals surface area contributed by atoms with Crippen LogP contribution in [0.3, 0.4) is 0 Å². The second-order valence-electron chi connectivity index (χ2n) is 7.22. The van der Waals surface area contributed by atoms with Crippen LogP contribution >= 0.6 is 7.26 Å². The van der Waals surface area contributed by atoms with E-state index in [1.165, 1.54) is 95.5 Å². The number of carboxylic acids is 1. The van der Waals surface area contributed by atoms with Gasteiger partial charge in [-0.25, -0.2) is 0 Å². The molecule has 23 heavy (non-hydrogen) atoms. The number of carbonyl (C=O) groups excluding carboxylic acids is 1. The minimum absolute atomic E-state index is 0.386. The smallest absolute Gasteiger partial charge is 0.0986 e. The van der Waals surface area contributed by atoms with E-state index in [0.717, 1.165) is 0 Å². The maximum Gasteiger partial charge on any atom is 0.0986 e. The summed E-state index contributed by atoms with van der Waals surface area (Å²) < 4.78 is 0. The Bertz CT molecular complexity index is 248. The van der Waals surface area contributed by atoms with Crippen molar-refractivity contribution in [3.63, 3.8) is 0 Å². The molecule has 0 aliphatic carbocycles. The number of carboxylic acid groups (broad SMARTS) is 1. The Hall–Kier alpha value is -0.100. The molecule has 0 amide bonds. The molecule has 0 aromatic carbocycles. The molecule has 0 saturated carbocycles. The van der Waals surface area contributed by atoms with Crippen LogP contribution in [0.1, 0.15) is 97.8 Å². The van der Waals surface area contributed by atoms with Gasteiger partial charge >= 0.3 is 0 Å². The average Bonchev–Trinajstić information content (AvgIpc) is 2.52. The molecule has 0 radical (unpaired) electrons. The highest BCUT2D eigenvalue weighted by molar-refractivity contribution is 7.76. The number of rotatable bonds is 17. The molecular weight excluding hydrogens is 303 g/mol. The quantitative estimate of drug-likeness (QED) is 0.258. The lowest BCUT2D eigenvalue weighted by Crippen LogP contribution is -2.30. The zero-order valence-electron chi connectivity index (χ0n) is 16.1. The Morgan fingerprint density at radius 2 is 1.00 bits per heavy atom. The van der Waals surface area contributed by atoms with Crippen molar-refractivity contribution in [1.82, 2.24) is 0 Å². The second kappa shape index (κ2) is 15.4. The fourth-order valence-electron chi connectivity index (χ4n) is 3.47. The van der Waals surface area contributed by atoms with E-state index < -0.39 is 13.2 Å². The third kappa shape index (κ3) is 12.9. The minimum atomic E-state index is -1.33. The van der Waals surface area contributed by atoms with Crippen molar-refractivity contribution in [3.05, 3.63) is 0 Å².